The molecule has 0 radical (unpaired) electrons. The molecule has 3 heterocycles. The molecule has 0 amide bonds. The highest BCUT2D eigenvalue weighted by Gasteiger charge is 2.20. The number of ether oxygens (including phenoxy) is 1. The molecule has 4 heteroatoms. The van der Waals surface area contributed by atoms with Gasteiger partial charge in [-0.25, -0.2) is 4.98 Å². The van der Waals surface area contributed by atoms with E-state index < -0.39 is 0 Å². The van der Waals surface area contributed by atoms with Crippen molar-refractivity contribution in [2.24, 2.45) is 0 Å². The van der Waals surface area contributed by atoms with Crippen molar-refractivity contribution in [2.75, 3.05) is 19.7 Å². The summed E-state index contributed by atoms with van der Waals surface area (Å²) < 4.78 is 8.17. The maximum absolute atomic E-state index is 5.82. The summed E-state index contributed by atoms with van der Waals surface area (Å²) in [5.41, 5.74) is 1.43. The summed E-state index contributed by atoms with van der Waals surface area (Å²) in [5, 5.41) is 3.43. The van der Waals surface area contributed by atoms with Gasteiger partial charge in [0.15, 0.2) is 0 Å². The predicted molar refractivity (Wildman–Crippen MR) is 75.3 cm³/mol. The molecule has 1 unspecified atom stereocenters. The third kappa shape index (κ3) is 3.37. The third-order valence-electron chi connectivity index (χ3n) is 4.47. The van der Waals surface area contributed by atoms with Gasteiger partial charge in [0.1, 0.15) is 0 Å². The van der Waals surface area contributed by atoms with Crippen LogP contribution in [0.2, 0.25) is 0 Å². The Morgan fingerprint density at radius 1 is 1.26 bits per heavy atom. The zero-order valence-corrected chi connectivity index (χ0v) is 11.7. The fraction of sp³-hybridized carbons (Fsp3) is 0.800. The molecule has 2 aliphatic heterocycles. The van der Waals surface area contributed by atoms with E-state index >= 15 is 0 Å². The zero-order valence-electron chi connectivity index (χ0n) is 11.7. The number of imidazole rings is 1. The van der Waals surface area contributed by atoms with Gasteiger partial charge in [0.2, 0.25) is 0 Å². The fourth-order valence-electron chi connectivity index (χ4n) is 3.29. The van der Waals surface area contributed by atoms with E-state index in [4.69, 9.17) is 4.74 Å². The van der Waals surface area contributed by atoms with Crippen LogP contribution in [0, 0.1) is 0 Å². The first-order chi connectivity index (χ1) is 9.43. The summed E-state index contributed by atoms with van der Waals surface area (Å²) >= 11 is 0. The molecule has 0 spiro atoms. The maximum Gasteiger partial charge on any atom is 0.0948 e. The lowest BCUT2D eigenvalue weighted by atomic mass is 9.95. The predicted octanol–water partition coefficient (Wildman–Crippen LogP) is 2.31. The van der Waals surface area contributed by atoms with Gasteiger partial charge in [-0.1, -0.05) is 0 Å². The van der Waals surface area contributed by atoms with Crippen LogP contribution in [0.15, 0.2) is 12.5 Å². The molecule has 3 rings (SSSR count). The van der Waals surface area contributed by atoms with Crippen LogP contribution < -0.4 is 5.32 Å². The number of nitrogens with one attached hydrogen (secondary N) is 1. The van der Waals surface area contributed by atoms with E-state index in [0.717, 1.165) is 32.7 Å². The van der Waals surface area contributed by atoms with Crippen LogP contribution in [0.1, 0.15) is 50.1 Å². The third-order valence-corrected chi connectivity index (χ3v) is 4.47. The largest absolute Gasteiger partial charge is 0.378 e. The van der Waals surface area contributed by atoms with Gasteiger partial charge in [0.05, 0.1) is 12.4 Å². The molecule has 106 valence electrons. The first-order valence-corrected chi connectivity index (χ1v) is 7.76. The topological polar surface area (TPSA) is 39.1 Å². The Labute approximate surface area is 115 Å². The molecule has 2 saturated heterocycles. The summed E-state index contributed by atoms with van der Waals surface area (Å²) in [6.07, 6.45) is 12.0. The Morgan fingerprint density at radius 2 is 2.16 bits per heavy atom. The summed E-state index contributed by atoms with van der Waals surface area (Å²) in [4.78, 5) is 4.36. The SMILES string of the molecule is c1ncn(CCC2CCCCO2)c1C1CCNCC1. The average molecular weight is 263 g/mol. The fourth-order valence-corrected chi connectivity index (χ4v) is 3.29. The van der Waals surface area contributed by atoms with E-state index in [2.05, 4.69) is 21.1 Å². The van der Waals surface area contributed by atoms with E-state index in [1.54, 1.807) is 0 Å². The van der Waals surface area contributed by atoms with Crippen LogP contribution in [0.25, 0.3) is 0 Å². The van der Waals surface area contributed by atoms with Crippen molar-refractivity contribution in [1.29, 1.82) is 0 Å². The molecule has 1 N–H and O–H groups in total. The van der Waals surface area contributed by atoms with E-state index in [9.17, 15) is 0 Å². The van der Waals surface area contributed by atoms with Gasteiger partial charge in [0, 0.05) is 31.0 Å². The molecule has 1 aromatic rings. The number of nitrogens with zero attached hydrogens (tertiary/aromatic N) is 2. The zero-order chi connectivity index (χ0) is 12.9. The summed E-state index contributed by atoms with van der Waals surface area (Å²) in [7, 11) is 0. The molecular weight excluding hydrogens is 238 g/mol. The number of hydrogen-bond acceptors (Lipinski definition) is 3. The Balaban J connectivity index is 1.56. The molecule has 0 aromatic carbocycles. The first kappa shape index (κ1) is 13.1. The molecule has 19 heavy (non-hydrogen) atoms. The van der Waals surface area contributed by atoms with Crippen LogP contribution in [0.4, 0.5) is 0 Å². The Bertz CT molecular complexity index is 378. The van der Waals surface area contributed by atoms with Crippen LogP contribution in [-0.2, 0) is 11.3 Å². The van der Waals surface area contributed by atoms with Gasteiger partial charge < -0.3 is 14.6 Å². The minimum absolute atomic E-state index is 0.469. The smallest absolute Gasteiger partial charge is 0.0948 e. The second-order valence-electron chi connectivity index (χ2n) is 5.81. The minimum Gasteiger partial charge on any atom is -0.378 e. The lowest BCUT2D eigenvalue weighted by Crippen LogP contribution is -2.28. The molecule has 0 aliphatic carbocycles. The van der Waals surface area contributed by atoms with Gasteiger partial charge in [-0.15, -0.1) is 0 Å². The minimum atomic E-state index is 0.469. The highest BCUT2D eigenvalue weighted by atomic mass is 16.5. The maximum atomic E-state index is 5.82. The van der Waals surface area contributed by atoms with E-state index in [0.29, 0.717) is 12.0 Å². The Hall–Kier alpha value is -0.870. The van der Waals surface area contributed by atoms with Crippen molar-refractivity contribution in [3.8, 4) is 0 Å². The Morgan fingerprint density at radius 3 is 2.95 bits per heavy atom. The van der Waals surface area contributed by atoms with Crippen LogP contribution in [0.3, 0.4) is 0 Å². The quantitative estimate of drug-likeness (QED) is 0.906. The van der Waals surface area contributed by atoms with E-state index in [1.165, 1.54) is 37.8 Å². The summed E-state index contributed by atoms with van der Waals surface area (Å²) in [6, 6.07) is 0. The van der Waals surface area contributed by atoms with Crippen LogP contribution in [-0.4, -0.2) is 35.4 Å². The molecule has 1 aromatic heterocycles. The Kier molecular flexibility index (Phi) is 4.51. The molecular formula is C15H25N3O. The molecule has 4 nitrogen and oxygen atoms in total. The lowest BCUT2D eigenvalue weighted by molar-refractivity contribution is 0.00865. The van der Waals surface area contributed by atoms with E-state index in [1.807, 2.05) is 6.33 Å². The molecule has 0 bridgehead atoms. The highest BCUT2D eigenvalue weighted by Crippen LogP contribution is 2.25. The molecule has 0 saturated carbocycles. The van der Waals surface area contributed by atoms with Gasteiger partial charge in [-0.2, -0.15) is 0 Å². The number of aryl methyl sites for hydroxylation is 1. The average Bonchev–Trinajstić information content (AvgIpc) is 2.95. The number of rotatable bonds is 4. The van der Waals surface area contributed by atoms with Crippen LogP contribution >= 0.6 is 0 Å². The van der Waals surface area contributed by atoms with E-state index in [-0.39, 0.29) is 0 Å². The van der Waals surface area contributed by atoms with Crippen LogP contribution in [0.5, 0.6) is 0 Å². The number of hydrogen-bond donors (Lipinski definition) is 1. The molecule has 2 fully saturated rings. The second kappa shape index (κ2) is 6.53. The number of piperidine rings is 1. The highest BCUT2D eigenvalue weighted by molar-refractivity contribution is 5.07. The van der Waals surface area contributed by atoms with Crippen molar-refractivity contribution in [3.05, 3.63) is 18.2 Å². The lowest BCUT2D eigenvalue weighted by Gasteiger charge is -2.25. The van der Waals surface area contributed by atoms with Crippen molar-refractivity contribution in [1.82, 2.24) is 14.9 Å². The number of aromatic nitrogens is 2. The molecule has 1 atom stereocenters. The van der Waals surface area contributed by atoms with Crippen molar-refractivity contribution in [3.63, 3.8) is 0 Å². The van der Waals surface area contributed by atoms with Crippen molar-refractivity contribution >= 4 is 0 Å². The second-order valence-corrected chi connectivity index (χ2v) is 5.81. The standard InChI is InChI=1S/C15H25N3O/c1-2-10-19-14(3-1)6-9-18-12-17-11-15(18)13-4-7-16-8-5-13/h11-14,16H,1-10H2. The van der Waals surface area contributed by atoms with Gasteiger partial charge >= 0.3 is 0 Å². The normalized spacial score (nSPS) is 25.6. The van der Waals surface area contributed by atoms with Gasteiger partial charge in [-0.3, -0.25) is 0 Å². The van der Waals surface area contributed by atoms with Crippen molar-refractivity contribution < 1.29 is 4.74 Å². The summed E-state index contributed by atoms with van der Waals surface area (Å²) in [5.74, 6) is 0.691. The molecule has 2 aliphatic rings. The van der Waals surface area contributed by atoms with Gasteiger partial charge in [-0.05, 0) is 51.6 Å². The summed E-state index contributed by atoms with van der Waals surface area (Å²) in [6.45, 7) is 4.29. The van der Waals surface area contributed by atoms with Crippen molar-refractivity contribution in [2.45, 2.75) is 57.1 Å². The van der Waals surface area contributed by atoms with Gasteiger partial charge in [0.25, 0.3) is 0 Å². The first-order valence-electron chi connectivity index (χ1n) is 7.76. The monoisotopic (exact) mass is 263 g/mol.